The summed E-state index contributed by atoms with van der Waals surface area (Å²) < 4.78 is 5.75. The molecule has 0 radical (unpaired) electrons. The van der Waals surface area contributed by atoms with Crippen molar-refractivity contribution in [2.45, 2.75) is 33.3 Å². The molecule has 20 heavy (non-hydrogen) atoms. The van der Waals surface area contributed by atoms with Crippen molar-refractivity contribution in [3.05, 3.63) is 53.7 Å². The highest BCUT2D eigenvalue weighted by Gasteiger charge is 1.98. The number of rotatable bonds is 7. The first-order chi connectivity index (χ1) is 9.81. The first-order valence-corrected chi connectivity index (χ1v) is 7.22. The number of ether oxygens (including phenoxy) is 1. The van der Waals surface area contributed by atoms with Gasteiger partial charge in [-0.15, -0.1) is 0 Å². The smallest absolute Gasteiger partial charge is 0.125 e. The monoisotopic (exact) mass is 270 g/mol. The Morgan fingerprint density at radius 2 is 1.75 bits per heavy atom. The van der Waals surface area contributed by atoms with Crippen LogP contribution in [0.4, 0.5) is 5.82 Å². The predicted octanol–water partition coefficient (Wildman–Crippen LogP) is 4.04. The third-order valence-corrected chi connectivity index (χ3v) is 3.12. The maximum atomic E-state index is 5.75. The second kappa shape index (κ2) is 7.53. The van der Waals surface area contributed by atoms with Gasteiger partial charge in [-0.1, -0.05) is 32.0 Å². The average Bonchev–Trinajstić information content (AvgIpc) is 2.52. The van der Waals surface area contributed by atoms with E-state index < -0.39 is 0 Å². The van der Waals surface area contributed by atoms with Gasteiger partial charge in [0.1, 0.15) is 18.2 Å². The lowest BCUT2D eigenvalue weighted by atomic mass is 10.2. The zero-order chi connectivity index (χ0) is 14.2. The number of aryl methyl sites for hydroxylation is 1. The van der Waals surface area contributed by atoms with E-state index in [4.69, 9.17) is 4.74 Å². The van der Waals surface area contributed by atoms with Gasteiger partial charge in [-0.05, 0) is 36.6 Å². The van der Waals surface area contributed by atoms with Crippen molar-refractivity contribution >= 4 is 5.82 Å². The van der Waals surface area contributed by atoms with Crippen molar-refractivity contribution < 1.29 is 4.74 Å². The van der Waals surface area contributed by atoms with E-state index in [2.05, 4.69) is 36.3 Å². The van der Waals surface area contributed by atoms with E-state index in [0.717, 1.165) is 36.5 Å². The fourth-order valence-corrected chi connectivity index (χ4v) is 1.86. The molecule has 2 rings (SSSR count). The van der Waals surface area contributed by atoms with Crippen molar-refractivity contribution in [3.63, 3.8) is 0 Å². The Bertz CT molecular complexity index is 506. The van der Waals surface area contributed by atoms with Gasteiger partial charge in [0.2, 0.25) is 0 Å². The highest BCUT2D eigenvalue weighted by Crippen LogP contribution is 2.14. The first-order valence-electron chi connectivity index (χ1n) is 7.22. The van der Waals surface area contributed by atoms with E-state index in [1.807, 2.05) is 30.5 Å². The second-order valence-electron chi connectivity index (χ2n) is 4.76. The van der Waals surface area contributed by atoms with Crippen LogP contribution in [-0.4, -0.2) is 11.5 Å². The van der Waals surface area contributed by atoms with E-state index in [9.17, 15) is 0 Å². The summed E-state index contributed by atoms with van der Waals surface area (Å²) in [6.45, 7) is 5.79. The van der Waals surface area contributed by atoms with Crippen LogP contribution in [0.1, 0.15) is 31.4 Å². The molecule has 0 atom stereocenters. The lowest BCUT2D eigenvalue weighted by molar-refractivity contribution is 0.305. The predicted molar refractivity (Wildman–Crippen MR) is 83.2 cm³/mol. The molecule has 0 unspecified atom stereocenters. The molecule has 0 aliphatic heterocycles. The van der Waals surface area contributed by atoms with Crippen LogP contribution < -0.4 is 10.1 Å². The molecule has 3 heteroatoms. The summed E-state index contributed by atoms with van der Waals surface area (Å²) in [4.78, 5) is 4.36. The number of hydrogen-bond donors (Lipinski definition) is 1. The zero-order valence-electron chi connectivity index (χ0n) is 12.2. The Hall–Kier alpha value is -2.03. The van der Waals surface area contributed by atoms with Crippen LogP contribution in [0.15, 0.2) is 42.6 Å². The van der Waals surface area contributed by atoms with Gasteiger partial charge in [-0.25, -0.2) is 4.98 Å². The molecule has 0 spiro atoms. The second-order valence-corrected chi connectivity index (χ2v) is 4.76. The van der Waals surface area contributed by atoms with Crippen LogP contribution >= 0.6 is 0 Å². The topological polar surface area (TPSA) is 34.1 Å². The van der Waals surface area contributed by atoms with Gasteiger partial charge in [-0.2, -0.15) is 0 Å². The highest BCUT2D eigenvalue weighted by molar-refractivity contribution is 5.35. The number of hydrogen-bond acceptors (Lipinski definition) is 3. The molecule has 1 aromatic carbocycles. The zero-order valence-corrected chi connectivity index (χ0v) is 12.2. The maximum Gasteiger partial charge on any atom is 0.125 e. The Morgan fingerprint density at radius 1 is 1.00 bits per heavy atom. The fraction of sp³-hybridized carbons (Fsp3) is 0.353. The molecule has 0 saturated heterocycles. The van der Waals surface area contributed by atoms with Crippen molar-refractivity contribution in [3.8, 4) is 5.75 Å². The van der Waals surface area contributed by atoms with E-state index in [1.54, 1.807) is 0 Å². The molecule has 1 heterocycles. The SMILES string of the molecule is CCCNc1ccc(COc2ccc(CC)cc2)cn1. The summed E-state index contributed by atoms with van der Waals surface area (Å²) in [6.07, 6.45) is 4.01. The van der Waals surface area contributed by atoms with Gasteiger partial charge >= 0.3 is 0 Å². The maximum absolute atomic E-state index is 5.75. The summed E-state index contributed by atoms with van der Waals surface area (Å²) in [5.74, 6) is 1.82. The number of nitrogens with zero attached hydrogens (tertiary/aromatic N) is 1. The molecular weight excluding hydrogens is 248 g/mol. The van der Waals surface area contributed by atoms with E-state index in [1.165, 1.54) is 5.56 Å². The summed E-state index contributed by atoms with van der Waals surface area (Å²) in [7, 11) is 0. The van der Waals surface area contributed by atoms with E-state index >= 15 is 0 Å². The Labute approximate surface area is 121 Å². The minimum Gasteiger partial charge on any atom is -0.489 e. The van der Waals surface area contributed by atoms with Gasteiger partial charge in [0.15, 0.2) is 0 Å². The Morgan fingerprint density at radius 3 is 2.35 bits per heavy atom. The van der Waals surface area contributed by atoms with Crippen molar-refractivity contribution in [1.82, 2.24) is 4.98 Å². The van der Waals surface area contributed by atoms with Crippen LogP contribution in [0.25, 0.3) is 0 Å². The van der Waals surface area contributed by atoms with Gasteiger partial charge < -0.3 is 10.1 Å². The van der Waals surface area contributed by atoms with Gasteiger partial charge in [0.25, 0.3) is 0 Å². The van der Waals surface area contributed by atoms with Crippen LogP contribution in [0, 0.1) is 0 Å². The quantitative estimate of drug-likeness (QED) is 0.824. The molecule has 0 aliphatic carbocycles. The molecule has 0 saturated carbocycles. The molecule has 0 aliphatic rings. The standard InChI is InChI=1S/C17H22N2O/c1-3-11-18-17-10-7-15(12-19-17)13-20-16-8-5-14(4-2)6-9-16/h5-10,12H,3-4,11,13H2,1-2H3,(H,18,19). The number of pyridine rings is 1. The lowest BCUT2D eigenvalue weighted by Gasteiger charge is -2.08. The highest BCUT2D eigenvalue weighted by atomic mass is 16.5. The van der Waals surface area contributed by atoms with Gasteiger partial charge in [0.05, 0.1) is 0 Å². The molecule has 1 N–H and O–H groups in total. The van der Waals surface area contributed by atoms with Crippen LogP contribution in [-0.2, 0) is 13.0 Å². The molecule has 2 aromatic rings. The molecule has 3 nitrogen and oxygen atoms in total. The van der Waals surface area contributed by atoms with Gasteiger partial charge in [-0.3, -0.25) is 0 Å². The Balaban J connectivity index is 1.86. The largest absolute Gasteiger partial charge is 0.489 e. The average molecular weight is 270 g/mol. The number of aromatic nitrogens is 1. The van der Waals surface area contributed by atoms with Crippen molar-refractivity contribution in [2.75, 3.05) is 11.9 Å². The van der Waals surface area contributed by atoms with E-state index in [0.29, 0.717) is 6.61 Å². The number of anilines is 1. The fourth-order valence-electron chi connectivity index (χ4n) is 1.86. The van der Waals surface area contributed by atoms with Crippen molar-refractivity contribution in [2.24, 2.45) is 0 Å². The molecule has 0 fully saturated rings. The number of benzene rings is 1. The summed E-state index contributed by atoms with van der Waals surface area (Å²) in [5.41, 5.74) is 2.40. The van der Waals surface area contributed by atoms with Crippen LogP contribution in [0.5, 0.6) is 5.75 Å². The summed E-state index contributed by atoms with van der Waals surface area (Å²) in [5, 5.41) is 3.26. The normalized spacial score (nSPS) is 10.3. The lowest BCUT2D eigenvalue weighted by Crippen LogP contribution is -2.02. The van der Waals surface area contributed by atoms with E-state index in [-0.39, 0.29) is 0 Å². The minimum atomic E-state index is 0.548. The molecule has 0 bridgehead atoms. The number of nitrogens with one attached hydrogen (secondary N) is 1. The van der Waals surface area contributed by atoms with Crippen molar-refractivity contribution in [1.29, 1.82) is 0 Å². The first kappa shape index (κ1) is 14.4. The molecular formula is C17H22N2O. The van der Waals surface area contributed by atoms with Crippen LogP contribution in [0.3, 0.4) is 0 Å². The molecule has 106 valence electrons. The summed E-state index contributed by atoms with van der Waals surface area (Å²) >= 11 is 0. The Kier molecular flexibility index (Phi) is 5.42. The third-order valence-electron chi connectivity index (χ3n) is 3.12. The summed E-state index contributed by atoms with van der Waals surface area (Å²) in [6, 6.07) is 12.3. The molecule has 1 aromatic heterocycles. The van der Waals surface area contributed by atoms with Crippen LogP contribution in [0.2, 0.25) is 0 Å². The van der Waals surface area contributed by atoms with Gasteiger partial charge in [0, 0.05) is 18.3 Å². The third kappa shape index (κ3) is 4.26. The minimum absolute atomic E-state index is 0.548. The molecule has 0 amide bonds.